The van der Waals surface area contributed by atoms with E-state index in [9.17, 15) is 19.2 Å². The molecule has 0 spiro atoms. The topological polar surface area (TPSA) is 102 Å². The average Bonchev–Trinajstić information content (AvgIpc) is 3.26. The van der Waals surface area contributed by atoms with Gasteiger partial charge in [0.2, 0.25) is 11.7 Å². The van der Waals surface area contributed by atoms with E-state index in [0.717, 1.165) is 9.75 Å². The Morgan fingerprint density at radius 1 is 1.00 bits per heavy atom. The van der Waals surface area contributed by atoms with E-state index in [1.54, 1.807) is 12.1 Å². The van der Waals surface area contributed by atoms with Gasteiger partial charge in [-0.2, -0.15) is 0 Å². The first-order chi connectivity index (χ1) is 12.8. The summed E-state index contributed by atoms with van der Waals surface area (Å²) in [5, 5.41) is 5.15. The summed E-state index contributed by atoms with van der Waals surface area (Å²) in [4.78, 5) is 49.4. The fraction of sp³-hybridized carbons (Fsp3) is 0.333. The largest absolute Gasteiger partial charge is 0.456 e. The van der Waals surface area contributed by atoms with Crippen molar-refractivity contribution in [1.29, 1.82) is 0 Å². The Balaban J connectivity index is 1.71. The van der Waals surface area contributed by atoms with E-state index < -0.39 is 5.97 Å². The molecule has 0 fully saturated rings. The molecular weight excluding hydrogens is 388 g/mol. The molecule has 27 heavy (non-hydrogen) atoms. The molecule has 0 saturated heterocycles. The highest BCUT2D eigenvalue weighted by Crippen LogP contribution is 2.17. The Kier molecular flexibility index (Phi) is 7.68. The Morgan fingerprint density at radius 2 is 1.74 bits per heavy atom. The van der Waals surface area contributed by atoms with Crippen molar-refractivity contribution < 1.29 is 23.9 Å². The molecule has 2 heterocycles. The molecule has 2 amide bonds. The van der Waals surface area contributed by atoms with Gasteiger partial charge in [-0.15, -0.1) is 22.7 Å². The molecule has 2 aromatic heterocycles. The molecule has 0 aliphatic rings. The third kappa shape index (κ3) is 6.95. The highest BCUT2D eigenvalue weighted by molar-refractivity contribution is 7.14. The zero-order valence-electron chi connectivity index (χ0n) is 15.0. The van der Waals surface area contributed by atoms with Crippen molar-refractivity contribution in [2.24, 2.45) is 0 Å². The maximum Gasteiger partial charge on any atom is 0.325 e. The highest BCUT2D eigenvalue weighted by atomic mass is 32.1. The number of esters is 1. The standard InChI is InChI=1S/C18H20N2O5S2/c1-11-3-5-16(26-11)18(24)20-9-17(23)25-10-14(22)15-6-4-13(27-15)7-8-19-12(2)21/h3-6H,7-10H2,1-2H3,(H,19,21)(H,20,24). The van der Waals surface area contributed by atoms with Crippen molar-refractivity contribution in [2.75, 3.05) is 19.7 Å². The molecule has 0 aliphatic carbocycles. The van der Waals surface area contributed by atoms with Crippen LogP contribution in [0.2, 0.25) is 0 Å². The molecule has 0 aromatic carbocycles. The molecule has 2 N–H and O–H groups in total. The fourth-order valence-corrected chi connectivity index (χ4v) is 3.80. The summed E-state index contributed by atoms with van der Waals surface area (Å²) in [7, 11) is 0. The number of aryl methyl sites for hydroxylation is 1. The number of hydrogen-bond acceptors (Lipinski definition) is 7. The van der Waals surface area contributed by atoms with Crippen LogP contribution in [0.15, 0.2) is 24.3 Å². The second-order valence-electron chi connectivity index (χ2n) is 5.68. The molecule has 2 rings (SSSR count). The molecule has 9 heteroatoms. The molecule has 0 atom stereocenters. The van der Waals surface area contributed by atoms with Gasteiger partial charge < -0.3 is 15.4 Å². The van der Waals surface area contributed by atoms with Crippen LogP contribution < -0.4 is 10.6 Å². The second kappa shape index (κ2) is 9.98. The van der Waals surface area contributed by atoms with Crippen LogP contribution in [0.3, 0.4) is 0 Å². The van der Waals surface area contributed by atoms with Crippen LogP contribution in [0.4, 0.5) is 0 Å². The van der Waals surface area contributed by atoms with E-state index in [0.29, 0.717) is 22.7 Å². The number of hydrogen-bond donors (Lipinski definition) is 2. The van der Waals surface area contributed by atoms with Crippen molar-refractivity contribution in [3.8, 4) is 0 Å². The number of amides is 2. The van der Waals surface area contributed by atoms with E-state index in [1.165, 1.54) is 29.6 Å². The van der Waals surface area contributed by atoms with Crippen LogP contribution in [0.5, 0.6) is 0 Å². The van der Waals surface area contributed by atoms with Crippen LogP contribution in [-0.2, 0) is 20.7 Å². The first kappa shape index (κ1) is 20.8. The van der Waals surface area contributed by atoms with Gasteiger partial charge in [0.15, 0.2) is 6.61 Å². The van der Waals surface area contributed by atoms with Gasteiger partial charge in [0.05, 0.1) is 9.75 Å². The van der Waals surface area contributed by atoms with E-state index in [4.69, 9.17) is 4.74 Å². The van der Waals surface area contributed by atoms with Gasteiger partial charge in [0.1, 0.15) is 6.54 Å². The second-order valence-corrected chi connectivity index (χ2v) is 8.13. The lowest BCUT2D eigenvalue weighted by Gasteiger charge is -2.04. The molecule has 0 saturated carbocycles. The minimum Gasteiger partial charge on any atom is -0.456 e. The number of carbonyl (C=O) groups is 4. The van der Waals surface area contributed by atoms with E-state index in [-0.39, 0.29) is 30.7 Å². The quantitative estimate of drug-likeness (QED) is 0.488. The van der Waals surface area contributed by atoms with Gasteiger partial charge in [-0.05, 0) is 37.6 Å². The fourth-order valence-electron chi connectivity index (χ4n) is 2.09. The minimum absolute atomic E-state index is 0.101. The van der Waals surface area contributed by atoms with Crippen LogP contribution in [0.1, 0.15) is 36.0 Å². The molecule has 2 aromatic rings. The number of carbonyl (C=O) groups excluding carboxylic acids is 4. The monoisotopic (exact) mass is 408 g/mol. The summed E-state index contributed by atoms with van der Waals surface area (Å²) in [5.41, 5.74) is 0. The SMILES string of the molecule is CC(=O)NCCc1ccc(C(=O)COC(=O)CNC(=O)c2ccc(C)s2)s1. The number of rotatable bonds is 9. The lowest BCUT2D eigenvalue weighted by molar-refractivity contribution is -0.141. The van der Waals surface area contributed by atoms with Gasteiger partial charge >= 0.3 is 5.97 Å². The molecular formula is C18H20N2O5S2. The summed E-state index contributed by atoms with van der Waals surface area (Å²) in [5.74, 6) is -1.43. The molecule has 144 valence electrons. The van der Waals surface area contributed by atoms with Crippen molar-refractivity contribution in [1.82, 2.24) is 10.6 Å². The first-order valence-corrected chi connectivity index (χ1v) is 9.85. The molecule has 0 radical (unpaired) electrons. The van der Waals surface area contributed by atoms with Gasteiger partial charge in [-0.3, -0.25) is 19.2 Å². The Bertz CT molecular complexity index is 840. The number of nitrogens with one attached hydrogen (secondary N) is 2. The third-order valence-corrected chi connectivity index (χ3v) is 5.59. The lowest BCUT2D eigenvalue weighted by Crippen LogP contribution is -2.31. The van der Waals surface area contributed by atoms with Gasteiger partial charge in [-0.1, -0.05) is 0 Å². The van der Waals surface area contributed by atoms with Crippen LogP contribution in [0.25, 0.3) is 0 Å². The summed E-state index contributed by atoms with van der Waals surface area (Å²) in [6.45, 7) is 3.16. The number of thiophene rings is 2. The zero-order chi connectivity index (χ0) is 19.8. The zero-order valence-corrected chi connectivity index (χ0v) is 16.6. The van der Waals surface area contributed by atoms with Crippen molar-refractivity contribution in [3.05, 3.63) is 43.8 Å². The van der Waals surface area contributed by atoms with Crippen molar-refractivity contribution in [2.45, 2.75) is 20.3 Å². The average molecular weight is 409 g/mol. The predicted molar refractivity (Wildman–Crippen MR) is 103 cm³/mol. The highest BCUT2D eigenvalue weighted by Gasteiger charge is 2.14. The normalized spacial score (nSPS) is 10.3. The van der Waals surface area contributed by atoms with Gasteiger partial charge in [0, 0.05) is 23.2 Å². The van der Waals surface area contributed by atoms with Crippen molar-refractivity contribution >= 4 is 46.2 Å². The number of ketones is 1. The van der Waals surface area contributed by atoms with Crippen LogP contribution >= 0.6 is 22.7 Å². The maximum absolute atomic E-state index is 12.1. The molecule has 0 aliphatic heterocycles. The van der Waals surface area contributed by atoms with E-state index in [1.807, 2.05) is 19.1 Å². The summed E-state index contributed by atoms with van der Waals surface area (Å²) < 4.78 is 4.92. The van der Waals surface area contributed by atoms with E-state index >= 15 is 0 Å². The molecule has 0 unspecified atom stereocenters. The Labute approximate surface area is 164 Å². The van der Waals surface area contributed by atoms with Crippen molar-refractivity contribution in [3.63, 3.8) is 0 Å². The summed E-state index contributed by atoms with van der Waals surface area (Å²) in [6.07, 6.45) is 0.630. The lowest BCUT2D eigenvalue weighted by atomic mass is 10.3. The van der Waals surface area contributed by atoms with Crippen LogP contribution in [0, 0.1) is 6.92 Å². The summed E-state index contributed by atoms with van der Waals surface area (Å²) >= 11 is 2.63. The minimum atomic E-state index is -0.674. The van der Waals surface area contributed by atoms with Gasteiger partial charge in [0.25, 0.3) is 5.91 Å². The van der Waals surface area contributed by atoms with E-state index in [2.05, 4.69) is 10.6 Å². The van der Waals surface area contributed by atoms with Crippen LogP contribution in [-0.4, -0.2) is 43.3 Å². The molecule has 7 nitrogen and oxygen atoms in total. The third-order valence-electron chi connectivity index (χ3n) is 3.40. The summed E-state index contributed by atoms with van der Waals surface area (Å²) in [6, 6.07) is 6.99. The smallest absolute Gasteiger partial charge is 0.325 e. The maximum atomic E-state index is 12.1. The Morgan fingerprint density at radius 3 is 2.41 bits per heavy atom. The molecule has 0 bridgehead atoms. The number of ether oxygens (including phenoxy) is 1. The Hall–Kier alpha value is -2.52. The first-order valence-electron chi connectivity index (χ1n) is 8.21. The predicted octanol–water partition coefficient (Wildman–Crippen LogP) is 1.95. The van der Waals surface area contributed by atoms with Gasteiger partial charge in [-0.25, -0.2) is 0 Å². The number of Topliss-reactive ketones (excluding diaryl/α,β-unsaturated/α-hetero) is 1.